The molecule has 4 heterocycles. The van der Waals surface area contributed by atoms with Crippen molar-refractivity contribution in [1.82, 2.24) is 25.0 Å². The van der Waals surface area contributed by atoms with Crippen LogP contribution in [0.15, 0.2) is 62.2 Å². The monoisotopic (exact) mass is 583 g/mol. The lowest BCUT2D eigenvalue weighted by molar-refractivity contribution is -0.286. The minimum atomic E-state index is -3.72. The van der Waals surface area contributed by atoms with Crippen molar-refractivity contribution in [3.05, 3.63) is 70.8 Å². The fourth-order valence-electron chi connectivity index (χ4n) is 4.41. The highest BCUT2D eigenvalue weighted by Gasteiger charge is 2.43. The van der Waals surface area contributed by atoms with Crippen LogP contribution in [0.5, 0.6) is 11.5 Å². The van der Waals surface area contributed by atoms with Crippen LogP contribution in [-0.4, -0.2) is 31.3 Å². The zero-order valence-corrected chi connectivity index (χ0v) is 22.2. The number of benzene rings is 2. The molecule has 0 fully saturated rings. The molecule has 0 radical (unpaired) electrons. The van der Waals surface area contributed by atoms with Gasteiger partial charge in [-0.2, -0.15) is 5.10 Å². The summed E-state index contributed by atoms with van der Waals surface area (Å²) >= 11 is 3.56. The normalized spacial score (nSPS) is 14.3. The second-order valence-electron chi connectivity index (χ2n) is 9.34. The molecule has 194 valence electrons. The number of hydrogen-bond donors (Lipinski definition) is 0. The van der Waals surface area contributed by atoms with Crippen LogP contribution in [0, 0.1) is 6.92 Å². The lowest BCUT2D eigenvalue weighted by Crippen LogP contribution is -2.25. The first-order chi connectivity index (χ1) is 18.0. The quantitative estimate of drug-likeness (QED) is 0.231. The standard InChI is InChI=1S/C26H20BrF2N5O4/c1-13-31-22(14-5-8-19-20(9-14)38-26(28,29)37-19)23(36-13)17-10-15(27)6-7-16(17)18-11-21(33-34(18)4)25(2,3)24-32-30-12-35-24/h5-12H,1-4H3. The zero-order valence-electron chi connectivity index (χ0n) is 20.6. The summed E-state index contributed by atoms with van der Waals surface area (Å²) in [6.45, 7) is 5.63. The number of oxazole rings is 1. The van der Waals surface area contributed by atoms with Crippen molar-refractivity contribution in [3.8, 4) is 45.3 Å². The molecule has 1 aliphatic rings. The average molecular weight is 584 g/mol. The van der Waals surface area contributed by atoms with E-state index in [1.165, 1.54) is 18.5 Å². The molecular formula is C26H20BrF2N5O4. The Labute approximate surface area is 223 Å². The number of hydrogen-bond acceptors (Lipinski definition) is 8. The Morgan fingerprint density at radius 3 is 2.55 bits per heavy atom. The van der Waals surface area contributed by atoms with E-state index in [0.29, 0.717) is 28.8 Å². The Morgan fingerprint density at radius 2 is 1.79 bits per heavy atom. The molecule has 0 atom stereocenters. The van der Waals surface area contributed by atoms with Gasteiger partial charge in [-0.05, 0) is 50.2 Å². The summed E-state index contributed by atoms with van der Waals surface area (Å²) in [6, 6.07) is 12.3. The van der Waals surface area contributed by atoms with E-state index in [9.17, 15) is 8.78 Å². The number of fused-ring (bicyclic) bond motifs is 1. The summed E-state index contributed by atoms with van der Waals surface area (Å²) in [7, 11) is 1.85. The Morgan fingerprint density at radius 1 is 1.00 bits per heavy atom. The van der Waals surface area contributed by atoms with Gasteiger partial charge in [0.05, 0.1) is 16.8 Å². The number of aromatic nitrogens is 5. The molecule has 0 saturated carbocycles. The molecule has 3 aromatic heterocycles. The molecule has 12 heteroatoms. The molecule has 9 nitrogen and oxygen atoms in total. The first kappa shape index (κ1) is 24.3. The van der Waals surface area contributed by atoms with Gasteiger partial charge in [0.1, 0.15) is 5.69 Å². The van der Waals surface area contributed by atoms with Gasteiger partial charge in [0.25, 0.3) is 0 Å². The summed E-state index contributed by atoms with van der Waals surface area (Å²) in [5.41, 5.74) is 3.45. The van der Waals surface area contributed by atoms with Gasteiger partial charge in [0.15, 0.2) is 23.1 Å². The largest absolute Gasteiger partial charge is 0.586 e. The van der Waals surface area contributed by atoms with Crippen LogP contribution in [0.4, 0.5) is 8.78 Å². The molecule has 0 amide bonds. The third-order valence-electron chi connectivity index (χ3n) is 6.33. The van der Waals surface area contributed by atoms with Gasteiger partial charge < -0.3 is 18.3 Å². The topological polar surface area (TPSA) is 101 Å². The number of rotatable bonds is 5. The van der Waals surface area contributed by atoms with Crippen molar-refractivity contribution in [2.45, 2.75) is 32.5 Å². The molecule has 1 aliphatic heterocycles. The summed E-state index contributed by atoms with van der Waals surface area (Å²) in [5.74, 6) is 1.19. The summed E-state index contributed by atoms with van der Waals surface area (Å²) in [5, 5.41) is 12.6. The van der Waals surface area contributed by atoms with Crippen molar-refractivity contribution in [3.63, 3.8) is 0 Å². The van der Waals surface area contributed by atoms with Crippen molar-refractivity contribution in [2.24, 2.45) is 7.05 Å². The van der Waals surface area contributed by atoms with Crippen LogP contribution in [-0.2, 0) is 12.5 Å². The van der Waals surface area contributed by atoms with E-state index in [2.05, 4.69) is 40.6 Å². The van der Waals surface area contributed by atoms with Crippen molar-refractivity contribution < 1.29 is 27.1 Å². The molecule has 5 aromatic rings. The molecular weight excluding hydrogens is 564 g/mol. The number of ether oxygens (including phenoxy) is 2. The van der Waals surface area contributed by atoms with Gasteiger partial charge in [-0.1, -0.05) is 22.0 Å². The van der Waals surface area contributed by atoms with Gasteiger partial charge in [0.2, 0.25) is 12.3 Å². The maximum Gasteiger partial charge on any atom is 0.586 e. The minimum absolute atomic E-state index is 0.0464. The van der Waals surface area contributed by atoms with Crippen LogP contribution < -0.4 is 9.47 Å². The van der Waals surface area contributed by atoms with Gasteiger partial charge in [0, 0.05) is 35.1 Å². The molecule has 0 saturated heterocycles. The van der Waals surface area contributed by atoms with E-state index in [1.54, 1.807) is 17.7 Å². The van der Waals surface area contributed by atoms with E-state index in [0.717, 1.165) is 27.0 Å². The van der Waals surface area contributed by atoms with Crippen LogP contribution in [0.3, 0.4) is 0 Å². The number of alkyl halides is 2. The zero-order chi connectivity index (χ0) is 26.8. The predicted molar refractivity (Wildman–Crippen MR) is 135 cm³/mol. The third-order valence-corrected chi connectivity index (χ3v) is 6.82. The van der Waals surface area contributed by atoms with Crippen LogP contribution in [0.1, 0.15) is 31.3 Å². The SMILES string of the molecule is Cc1nc(-c2ccc3c(c2)OC(F)(F)O3)c(-c2cc(Br)ccc2-c2cc(C(C)(C)c3nnco3)nn2C)o1. The highest BCUT2D eigenvalue weighted by molar-refractivity contribution is 9.10. The third kappa shape index (κ3) is 4.05. The molecule has 2 aromatic carbocycles. The molecule has 0 spiro atoms. The summed E-state index contributed by atoms with van der Waals surface area (Å²) in [6.07, 6.45) is -2.42. The first-order valence-electron chi connectivity index (χ1n) is 11.5. The first-order valence-corrected chi connectivity index (χ1v) is 12.3. The summed E-state index contributed by atoms with van der Waals surface area (Å²) < 4.78 is 50.6. The second kappa shape index (κ2) is 8.48. The Hall–Kier alpha value is -4.06. The predicted octanol–water partition coefficient (Wildman–Crippen LogP) is 6.51. The van der Waals surface area contributed by atoms with Crippen LogP contribution in [0.2, 0.25) is 0 Å². The molecule has 0 unspecified atom stereocenters. The molecule has 0 aliphatic carbocycles. The Bertz CT molecular complexity index is 1680. The fourth-order valence-corrected chi connectivity index (χ4v) is 4.77. The van der Waals surface area contributed by atoms with Gasteiger partial charge in [-0.3, -0.25) is 4.68 Å². The molecule has 6 rings (SSSR count). The highest BCUT2D eigenvalue weighted by Crippen LogP contribution is 2.46. The number of nitrogens with zero attached hydrogens (tertiary/aromatic N) is 5. The Kier molecular flexibility index (Phi) is 5.42. The average Bonchev–Trinajstić information content (AvgIpc) is 3.63. The highest BCUT2D eigenvalue weighted by atomic mass is 79.9. The second-order valence-corrected chi connectivity index (χ2v) is 10.3. The lowest BCUT2D eigenvalue weighted by atomic mass is 9.88. The van der Waals surface area contributed by atoms with E-state index in [1.807, 2.05) is 45.2 Å². The Balaban J connectivity index is 1.48. The number of aryl methyl sites for hydroxylation is 2. The van der Waals surface area contributed by atoms with E-state index in [-0.39, 0.29) is 11.5 Å². The van der Waals surface area contributed by atoms with Crippen molar-refractivity contribution in [2.75, 3.05) is 0 Å². The molecule has 38 heavy (non-hydrogen) atoms. The lowest BCUT2D eigenvalue weighted by Gasteiger charge is -2.16. The number of halogens is 3. The molecule has 0 bridgehead atoms. The van der Waals surface area contributed by atoms with Crippen molar-refractivity contribution in [1.29, 1.82) is 0 Å². The maximum atomic E-state index is 13.6. The van der Waals surface area contributed by atoms with Crippen LogP contribution >= 0.6 is 15.9 Å². The van der Waals surface area contributed by atoms with E-state index >= 15 is 0 Å². The fraction of sp³-hybridized carbons (Fsp3) is 0.231. The van der Waals surface area contributed by atoms with E-state index in [4.69, 9.17) is 13.9 Å². The van der Waals surface area contributed by atoms with Crippen molar-refractivity contribution >= 4 is 15.9 Å². The van der Waals surface area contributed by atoms with Crippen LogP contribution in [0.25, 0.3) is 33.8 Å². The van der Waals surface area contributed by atoms with Gasteiger partial charge in [-0.25, -0.2) is 4.98 Å². The maximum absolute atomic E-state index is 13.6. The molecule has 0 N–H and O–H groups in total. The van der Waals surface area contributed by atoms with E-state index < -0.39 is 11.7 Å². The smallest absolute Gasteiger partial charge is 0.440 e. The van der Waals surface area contributed by atoms with Gasteiger partial charge >= 0.3 is 6.29 Å². The minimum Gasteiger partial charge on any atom is -0.440 e. The summed E-state index contributed by atoms with van der Waals surface area (Å²) in [4.78, 5) is 4.57. The van der Waals surface area contributed by atoms with Gasteiger partial charge in [-0.15, -0.1) is 19.0 Å².